The number of carboxylic acids is 1. The van der Waals surface area contributed by atoms with Gasteiger partial charge in [-0.1, -0.05) is 0 Å². The van der Waals surface area contributed by atoms with E-state index < -0.39 is 27.9 Å². The number of hydrogen-bond acceptors (Lipinski definition) is 5. The molecule has 9 nitrogen and oxygen atoms in total. The molecule has 0 unspecified atom stereocenters. The number of carbonyl (C=O) groups is 3. The zero-order valence-corrected chi connectivity index (χ0v) is 13.5. The molecule has 0 saturated carbocycles. The first-order valence-corrected chi connectivity index (χ1v) is 9.01. The Morgan fingerprint density at radius 3 is 2.57 bits per heavy atom. The van der Waals surface area contributed by atoms with E-state index in [1.807, 2.05) is 0 Å². The number of β-lactam (4-membered cyclic amide) rings is 1. The molecule has 2 N–H and O–H groups in total. The lowest BCUT2D eigenvalue weighted by molar-refractivity contribution is -0.159. The van der Waals surface area contributed by atoms with Crippen molar-refractivity contribution >= 4 is 27.8 Å². The van der Waals surface area contributed by atoms with Crippen LogP contribution in [0.5, 0.6) is 0 Å². The van der Waals surface area contributed by atoms with Crippen LogP contribution >= 0.6 is 0 Å². The molecule has 0 radical (unpaired) electrons. The number of amides is 2. The van der Waals surface area contributed by atoms with Gasteiger partial charge in [0.1, 0.15) is 11.7 Å². The lowest BCUT2D eigenvalue weighted by atomic mass is 9.79. The number of aliphatic carboxylic acids is 1. The molecule has 126 valence electrons. The highest BCUT2D eigenvalue weighted by Gasteiger charge is 2.63. The molecule has 3 rings (SSSR count). The SMILES string of the molecule is CC(=O)N1C[C@H]2CC(CNS(C)(=O)=O)=C(C(=O)O)N3C(=O)[C@@H]1[C@@H]23. The second-order valence-electron chi connectivity index (χ2n) is 6.13. The minimum absolute atomic E-state index is 0.0685. The zero-order chi connectivity index (χ0) is 17.1. The molecular weight excluding hydrogens is 326 g/mol. The Kier molecular flexibility index (Phi) is 3.49. The number of carbonyl (C=O) groups excluding carboxylic acids is 2. The Morgan fingerprint density at radius 1 is 1.39 bits per heavy atom. The van der Waals surface area contributed by atoms with Crippen molar-refractivity contribution in [2.45, 2.75) is 25.4 Å². The molecule has 0 aromatic carbocycles. The van der Waals surface area contributed by atoms with Crippen LogP contribution in [0.1, 0.15) is 13.3 Å². The Hall–Kier alpha value is -1.94. The first kappa shape index (κ1) is 15.9. The van der Waals surface area contributed by atoms with Gasteiger partial charge in [-0.2, -0.15) is 0 Å². The van der Waals surface area contributed by atoms with E-state index in [1.54, 1.807) is 0 Å². The normalized spacial score (nSPS) is 29.5. The number of nitrogens with zero attached hydrogens (tertiary/aromatic N) is 2. The first-order chi connectivity index (χ1) is 10.6. The van der Waals surface area contributed by atoms with Crippen molar-refractivity contribution in [3.8, 4) is 0 Å². The van der Waals surface area contributed by atoms with Crippen LogP contribution in [0.25, 0.3) is 0 Å². The van der Waals surface area contributed by atoms with Gasteiger partial charge in [-0.15, -0.1) is 0 Å². The molecule has 23 heavy (non-hydrogen) atoms. The zero-order valence-electron chi connectivity index (χ0n) is 12.6. The fraction of sp³-hybridized carbons (Fsp3) is 0.615. The third-order valence-corrected chi connectivity index (χ3v) is 5.27. The molecule has 0 spiro atoms. The van der Waals surface area contributed by atoms with Crippen molar-refractivity contribution < 1.29 is 27.9 Å². The van der Waals surface area contributed by atoms with Gasteiger partial charge < -0.3 is 10.0 Å². The summed E-state index contributed by atoms with van der Waals surface area (Å²) in [6, 6.07) is -0.907. The van der Waals surface area contributed by atoms with Gasteiger partial charge >= 0.3 is 5.97 Å². The lowest BCUT2D eigenvalue weighted by Crippen LogP contribution is -2.69. The number of carboxylic acid groups (broad SMARTS) is 1. The third-order valence-electron chi connectivity index (χ3n) is 4.60. The summed E-state index contributed by atoms with van der Waals surface area (Å²) in [6.07, 6.45) is 1.33. The Balaban J connectivity index is 1.94. The topological polar surface area (TPSA) is 124 Å². The summed E-state index contributed by atoms with van der Waals surface area (Å²) in [6.45, 7) is 1.60. The van der Waals surface area contributed by atoms with Gasteiger partial charge in [-0.25, -0.2) is 17.9 Å². The fourth-order valence-corrected chi connectivity index (χ4v) is 4.17. The highest BCUT2D eigenvalue weighted by Crippen LogP contribution is 2.46. The van der Waals surface area contributed by atoms with Crippen molar-refractivity contribution in [3.05, 3.63) is 11.3 Å². The molecule has 2 amide bonds. The van der Waals surface area contributed by atoms with Gasteiger partial charge in [0.05, 0.1) is 12.3 Å². The Bertz CT molecular complexity index is 743. The molecule has 3 aliphatic heterocycles. The molecule has 2 saturated heterocycles. The predicted octanol–water partition coefficient (Wildman–Crippen LogP) is -1.66. The van der Waals surface area contributed by atoms with Crippen LogP contribution in [0.3, 0.4) is 0 Å². The summed E-state index contributed by atoms with van der Waals surface area (Å²) < 4.78 is 24.8. The van der Waals surface area contributed by atoms with Crippen LogP contribution in [0, 0.1) is 5.92 Å². The average Bonchev–Trinajstić information content (AvgIpc) is 2.79. The van der Waals surface area contributed by atoms with E-state index >= 15 is 0 Å². The van der Waals surface area contributed by atoms with E-state index in [9.17, 15) is 27.9 Å². The summed E-state index contributed by atoms with van der Waals surface area (Å²) in [7, 11) is -3.48. The largest absolute Gasteiger partial charge is 0.477 e. The van der Waals surface area contributed by atoms with Crippen molar-refractivity contribution in [1.82, 2.24) is 14.5 Å². The highest BCUT2D eigenvalue weighted by atomic mass is 32.2. The second kappa shape index (κ2) is 5.03. The molecule has 0 aromatic rings. The van der Waals surface area contributed by atoms with Crippen LogP contribution in [0.15, 0.2) is 11.3 Å². The van der Waals surface area contributed by atoms with Gasteiger partial charge in [0, 0.05) is 25.9 Å². The minimum Gasteiger partial charge on any atom is -0.477 e. The maximum absolute atomic E-state index is 12.3. The molecule has 0 aliphatic carbocycles. The van der Waals surface area contributed by atoms with Crippen molar-refractivity contribution in [3.63, 3.8) is 0 Å². The molecule has 10 heteroatoms. The molecule has 3 aliphatic rings. The van der Waals surface area contributed by atoms with E-state index in [1.165, 1.54) is 16.7 Å². The summed E-state index contributed by atoms with van der Waals surface area (Å²) >= 11 is 0. The van der Waals surface area contributed by atoms with E-state index in [2.05, 4.69) is 4.72 Å². The number of hydrogen-bond donors (Lipinski definition) is 2. The quantitative estimate of drug-likeness (QED) is 0.589. The second-order valence-corrected chi connectivity index (χ2v) is 7.96. The molecule has 2 fully saturated rings. The van der Waals surface area contributed by atoms with Crippen LogP contribution in [-0.4, -0.2) is 72.5 Å². The van der Waals surface area contributed by atoms with Crippen LogP contribution in [0.2, 0.25) is 0 Å². The smallest absolute Gasteiger partial charge is 0.352 e. The van der Waals surface area contributed by atoms with Crippen LogP contribution in [0.4, 0.5) is 0 Å². The van der Waals surface area contributed by atoms with Crippen LogP contribution < -0.4 is 4.72 Å². The maximum Gasteiger partial charge on any atom is 0.352 e. The van der Waals surface area contributed by atoms with E-state index in [4.69, 9.17) is 0 Å². The van der Waals surface area contributed by atoms with Gasteiger partial charge in [0.25, 0.3) is 5.91 Å². The number of sulfonamides is 1. The van der Waals surface area contributed by atoms with E-state index in [-0.39, 0.29) is 30.1 Å². The van der Waals surface area contributed by atoms with Gasteiger partial charge in [-0.3, -0.25) is 14.5 Å². The molecule has 3 atom stereocenters. The monoisotopic (exact) mass is 343 g/mol. The molecule has 0 aromatic heterocycles. The van der Waals surface area contributed by atoms with Crippen molar-refractivity contribution in [2.24, 2.45) is 5.92 Å². The Labute approximate surface area is 133 Å². The first-order valence-electron chi connectivity index (χ1n) is 7.12. The van der Waals surface area contributed by atoms with Gasteiger partial charge in [0.15, 0.2) is 0 Å². The van der Waals surface area contributed by atoms with E-state index in [0.29, 0.717) is 18.5 Å². The van der Waals surface area contributed by atoms with Crippen LogP contribution in [-0.2, 0) is 24.4 Å². The fourth-order valence-electron chi connectivity index (χ4n) is 3.74. The number of likely N-dealkylation sites (tertiary alicyclic amines) is 1. The van der Waals surface area contributed by atoms with E-state index in [0.717, 1.165) is 6.26 Å². The summed E-state index contributed by atoms with van der Waals surface area (Å²) in [5.74, 6) is -1.96. The highest BCUT2D eigenvalue weighted by molar-refractivity contribution is 7.88. The lowest BCUT2D eigenvalue weighted by Gasteiger charge is -2.49. The standard InChI is InChI=1S/C13H17N3O6S/c1-6(17)15-5-8-3-7(4-14-23(2,21)22)10(13(19)20)16-9(8)11(15)12(16)18/h8-9,11,14H,3-5H2,1-2H3,(H,19,20)/t8-,9-,11+/m1/s1. The maximum atomic E-state index is 12.3. The third kappa shape index (κ3) is 2.41. The predicted molar refractivity (Wildman–Crippen MR) is 77.4 cm³/mol. The van der Waals surface area contributed by atoms with Crippen molar-refractivity contribution in [1.29, 1.82) is 0 Å². The number of rotatable bonds is 4. The summed E-state index contributed by atoms with van der Waals surface area (Å²) in [5, 5.41) is 9.44. The average molecular weight is 343 g/mol. The van der Waals surface area contributed by atoms with Gasteiger partial charge in [0.2, 0.25) is 15.9 Å². The molecule has 3 heterocycles. The minimum atomic E-state index is -3.48. The Morgan fingerprint density at radius 2 is 2.04 bits per heavy atom. The molecular formula is C13H17N3O6S. The summed E-state index contributed by atoms with van der Waals surface area (Å²) in [4.78, 5) is 38.2. The van der Waals surface area contributed by atoms with Crippen molar-refractivity contribution in [2.75, 3.05) is 19.3 Å². The summed E-state index contributed by atoms with van der Waals surface area (Å²) in [5.41, 5.74) is 0.204. The van der Waals surface area contributed by atoms with Gasteiger partial charge in [-0.05, 0) is 12.0 Å². The number of nitrogens with one attached hydrogen (secondary N) is 1. The molecule has 0 bridgehead atoms.